The summed E-state index contributed by atoms with van der Waals surface area (Å²) in [5, 5.41) is 17.6. The summed E-state index contributed by atoms with van der Waals surface area (Å²) in [5.74, 6) is -0.117. The summed E-state index contributed by atoms with van der Waals surface area (Å²) in [6.07, 6.45) is 2.24. The van der Waals surface area contributed by atoms with Crippen LogP contribution in [-0.2, 0) is 0 Å². The van der Waals surface area contributed by atoms with E-state index in [-0.39, 0.29) is 24.9 Å². The third-order valence-electron chi connectivity index (χ3n) is 2.36. The molecule has 0 atom stereocenters. The Morgan fingerprint density at radius 3 is 2.53 bits per heavy atom. The number of benzene rings is 1. The van der Waals surface area contributed by atoms with Crippen LogP contribution in [-0.4, -0.2) is 35.5 Å². The molecule has 0 heterocycles. The number of carbonyl (C=O) groups is 1. The van der Waals surface area contributed by atoms with E-state index in [1.54, 1.807) is 6.07 Å². The molecule has 2 rings (SSSR count). The lowest BCUT2D eigenvalue weighted by Crippen LogP contribution is -2.06. The van der Waals surface area contributed by atoms with Gasteiger partial charge in [-0.1, -0.05) is 13.8 Å². The summed E-state index contributed by atoms with van der Waals surface area (Å²) < 4.78 is 10.9. The van der Waals surface area contributed by atoms with Crippen LogP contribution in [0.2, 0.25) is 0 Å². The van der Waals surface area contributed by atoms with Crippen molar-refractivity contribution >= 4 is 5.97 Å². The molecule has 5 heteroatoms. The van der Waals surface area contributed by atoms with Gasteiger partial charge in [0.15, 0.2) is 11.5 Å². The van der Waals surface area contributed by atoms with E-state index in [2.05, 4.69) is 0 Å². The maximum absolute atomic E-state index is 10.8. The molecule has 0 amide bonds. The molecule has 106 valence electrons. The summed E-state index contributed by atoms with van der Waals surface area (Å²) in [6, 6.07) is 4.48. The van der Waals surface area contributed by atoms with E-state index >= 15 is 0 Å². The average molecular weight is 268 g/mol. The lowest BCUT2D eigenvalue weighted by atomic mass is 10.2. The van der Waals surface area contributed by atoms with Gasteiger partial charge in [-0.05, 0) is 31.0 Å². The van der Waals surface area contributed by atoms with Crippen molar-refractivity contribution in [2.45, 2.75) is 32.8 Å². The Labute approximate surface area is 112 Å². The molecule has 0 spiro atoms. The summed E-state index contributed by atoms with van der Waals surface area (Å²) in [4.78, 5) is 10.8. The maximum atomic E-state index is 10.8. The largest absolute Gasteiger partial charge is 0.487 e. The van der Waals surface area contributed by atoms with Gasteiger partial charge in [-0.15, -0.1) is 0 Å². The van der Waals surface area contributed by atoms with Gasteiger partial charge in [0.2, 0.25) is 0 Å². The van der Waals surface area contributed by atoms with E-state index in [0.717, 1.165) is 12.8 Å². The minimum absolute atomic E-state index is 0.115. The average Bonchev–Trinajstić information content (AvgIpc) is 3.23. The van der Waals surface area contributed by atoms with Gasteiger partial charge in [0.1, 0.15) is 6.61 Å². The third kappa shape index (κ3) is 4.79. The number of aromatic carboxylic acids is 1. The van der Waals surface area contributed by atoms with E-state index in [1.165, 1.54) is 12.1 Å². The van der Waals surface area contributed by atoms with Gasteiger partial charge >= 0.3 is 5.97 Å². The molecule has 2 N–H and O–H groups in total. The molecule has 1 aromatic rings. The Bertz CT molecular complexity index is 412. The van der Waals surface area contributed by atoms with Crippen LogP contribution >= 0.6 is 0 Å². The van der Waals surface area contributed by atoms with Crippen LogP contribution in [0.3, 0.4) is 0 Å². The number of hydrogen-bond donors (Lipinski definition) is 2. The van der Waals surface area contributed by atoms with Gasteiger partial charge in [0.05, 0.1) is 18.3 Å². The van der Waals surface area contributed by atoms with Gasteiger partial charge in [-0.3, -0.25) is 0 Å². The second-order valence-electron chi connectivity index (χ2n) is 3.86. The van der Waals surface area contributed by atoms with E-state index < -0.39 is 5.97 Å². The Morgan fingerprint density at radius 1 is 1.32 bits per heavy atom. The number of ether oxygens (including phenoxy) is 2. The van der Waals surface area contributed by atoms with Crippen molar-refractivity contribution in [3.63, 3.8) is 0 Å². The highest BCUT2D eigenvalue weighted by Gasteiger charge is 2.25. The predicted molar refractivity (Wildman–Crippen MR) is 71.0 cm³/mol. The standard InChI is InChI=1S/C12H14O5.C2H6/c13-5-6-16-11-7-8(12(14)15)1-4-10(11)17-9-2-3-9;1-2/h1,4,7,9,13H,2-3,5-6H2,(H,14,15);1-2H3. The SMILES string of the molecule is CC.O=C(O)c1ccc(OC2CC2)c(OCCO)c1. The van der Waals surface area contributed by atoms with Crippen molar-refractivity contribution in [3.05, 3.63) is 23.8 Å². The van der Waals surface area contributed by atoms with Crippen LogP contribution in [0.25, 0.3) is 0 Å². The first-order chi connectivity index (χ1) is 9.20. The van der Waals surface area contributed by atoms with Crippen LogP contribution in [0.1, 0.15) is 37.0 Å². The van der Waals surface area contributed by atoms with Crippen molar-refractivity contribution < 1.29 is 24.5 Å². The van der Waals surface area contributed by atoms with E-state index in [0.29, 0.717) is 11.5 Å². The fourth-order valence-corrected chi connectivity index (χ4v) is 1.37. The molecule has 1 fully saturated rings. The van der Waals surface area contributed by atoms with Crippen LogP contribution in [0.15, 0.2) is 18.2 Å². The molecule has 1 aliphatic carbocycles. The van der Waals surface area contributed by atoms with Gasteiger partial charge < -0.3 is 19.7 Å². The molecule has 1 aliphatic rings. The molecule has 1 aromatic carbocycles. The molecule has 0 saturated heterocycles. The Morgan fingerprint density at radius 2 is 2.00 bits per heavy atom. The first-order valence-electron chi connectivity index (χ1n) is 6.48. The Kier molecular flexibility index (Phi) is 6.15. The van der Waals surface area contributed by atoms with Crippen molar-refractivity contribution in [2.24, 2.45) is 0 Å². The van der Waals surface area contributed by atoms with Crippen LogP contribution in [0.4, 0.5) is 0 Å². The Balaban J connectivity index is 0.000000861. The molecular formula is C14H20O5. The summed E-state index contributed by atoms with van der Waals surface area (Å²) in [5.41, 5.74) is 0.140. The summed E-state index contributed by atoms with van der Waals surface area (Å²) in [6.45, 7) is 3.99. The fourth-order valence-electron chi connectivity index (χ4n) is 1.37. The monoisotopic (exact) mass is 268 g/mol. The fraction of sp³-hybridized carbons (Fsp3) is 0.500. The van der Waals surface area contributed by atoms with Gasteiger partial charge in [-0.2, -0.15) is 0 Å². The minimum atomic E-state index is -1.02. The van der Waals surface area contributed by atoms with Crippen molar-refractivity contribution in [3.8, 4) is 11.5 Å². The zero-order chi connectivity index (χ0) is 14.3. The highest BCUT2D eigenvalue weighted by Crippen LogP contribution is 2.34. The summed E-state index contributed by atoms with van der Waals surface area (Å²) in [7, 11) is 0. The molecule has 0 radical (unpaired) electrons. The molecular weight excluding hydrogens is 248 g/mol. The normalized spacial score (nSPS) is 13.2. The highest BCUT2D eigenvalue weighted by molar-refractivity contribution is 5.88. The second-order valence-corrected chi connectivity index (χ2v) is 3.86. The van der Waals surface area contributed by atoms with E-state index in [1.807, 2.05) is 13.8 Å². The van der Waals surface area contributed by atoms with Gasteiger partial charge in [0, 0.05) is 0 Å². The number of aliphatic hydroxyl groups is 1. The molecule has 1 saturated carbocycles. The molecule has 5 nitrogen and oxygen atoms in total. The third-order valence-corrected chi connectivity index (χ3v) is 2.36. The van der Waals surface area contributed by atoms with E-state index in [4.69, 9.17) is 19.7 Å². The first-order valence-corrected chi connectivity index (χ1v) is 6.48. The number of hydrogen-bond acceptors (Lipinski definition) is 4. The van der Waals surface area contributed by atoms with Crippen molar-refractivity contribution in [1.29, 1.82) is 0 Å². The van der Waals surface area contributed by atoms with Crippen LogP contribution < -0.4 is 9.47 Å². The summed E-state index contributed by atoms with van der Waals surface area (Å²) >= 11 is 0. The zero-order valence-corrected chi connectivity index (χ0v) is 11.3. The smallest absolute Gasteiger partial charge is 0.335 e. The minimum Gasteiger partial charge on any atom is -0.487 e. The lowest BCUT2D eigenvalue weighted by Gasteiger charge is -2.12. The van der Waals surface area contributed by atoms with Gasteiger partial charge in [0.25, 0.3) is 0 Å². The first kappa shape index (κ1) is 15.3. The zero-order valence-electron chi connectivity index (χ0n) is 11.3. The van der Waals surface area contributed by atoms with Crippen molar-refractivity contribution in [2.75, 3.05) is 13.2 Å². The number of carboxylic acid groups (broad SMARTS) is 1. The quantitative estimate of drug-likeness (QED) is 0.828. The van der Waals surface area contributed by atoms with Gasteiger partial charge in [-0.25, -0.2) is 4.79 Å². The number of rotatable bonds is 6. The molecule has 0 bridgehead atoms. The number of aliphatic hydroxyl groups excluding tert-OH is 1. The van der Waals surface area contributed by atoms with E-state index in [9.17, 15) is 4.79 Å². The highest BCUT2D eigenvalue weighted by atomic mass is 16.5. The maximum Gasteiger partial charge on any atom is 0.335 e. The van der Waals surface area contributed by atoms with Crippen molar-refractivity contribution in [1.82, 2.24) is 0 Å². The molecule has 19 heavy (non-hydrogen) atoms. The second kappa shape index (κ2) is 7.63. The molecule has 0 unspecified atom stereocenters. The number of carboxylic acids is 1. The Hall–Kier alpha value is -1.75. The van der Waals surface area contributed by atoms with Crippen LogP contribution in [0, 0.1) is 0 Å². The lowest BCUT2D eigenvalue weighted by molar-refractivity contribution is 0.0696. The molecule has 0 aliphatic heterocycles. The van der Waals surface area contributed by atoms with Crippen LogP contribution in [0.5, 0.6) is 11.5 Å². The predicted octanol–water partition coefficient (Wildman–Crippen LogP) is 2.32. The molecule has 0 aromatic heterocycles. The topological polar surface area (TPSA) is 76.0 Å².